The summed E-state index contributed by atoms with van der Waals surface area (Å²) in [6.07, 6.45) is 1.29. The van der Waals surface area contributed by atoms with E-state index in [4.69, 9.17) is 4.98 Å². The molecule has 0 aliphatic heterocycles. The fraction of sp³-hybridized carbons (Fsp3) is 0.240. The molecule has 0 bridgehead atoms. The minimum Gasteiger partial charge on any atom is -0.508 e. The van der Waals surface area contributed by atoms with Gasteiger partial charge in [0.1, 0.15) is 5.75 Å². The molecule has 6 nitrogen and oxygen atoms in total. The van der Waals surface area contributed by atoms with Gasteiger partial charge in [0.2, 0.25) is 0 Å². The molecule has 0 aliphatic rings. The Morgan fingerprint density at radius 2 is 1.75 bits per heavy atom. The van der Waals surface area contributed by atoms with Crippen LogP contribution in [0.2, 0.25) is 0 Å². The van der Waals surface area contributed by atoms with Gasteiger partial charge in [-0.05, 0) is 67.3 Å². The molecular formula is C25H26N4O2S. The van der Waals surface area contributed by atoms with E-state index in [0.717, 1.165) is 28.2 Å². The number of H-pyrrole nitrogens is 2. The van der Waals surface area contributed by atoms with Crippen molar-refractivity contribution in [1.82, 2.24) is 20.2 Å². The topological polar surface area (TPSA) is 94.7 Å². The van der Waals surface area contributed by atoms with Crippen molar-refractivity contribution >= 4 is 11.8 Å². The average molecular weight is 447 g/mol. The number of aromatic amines is 2. The average Bonchev–Trinajstić information content (AvgIpc) is 3.24. The summed E-state index contributed by atoms with van der Waals surface area (Å²) in [5.74, 6) is 0.824. The number of phenolic OH excluding ortho intramolecular Hbond substituents is 1. The molecule has 0 atom stereocenters. The lowest BCUT2D eigenvalue weighted by atomic mass is 9.96. The van der Waals surface area contributed by atoms with Gasteiger partial charge in [-0.3, -0.25) is 9.89 Å². The van der Waals surface area contributed by atoms with Crippen LogP contribution in [0.5, 0.6) is 5.75 Å². The molecule has 7 heteroatoms. The fourth-order valence-corrected chi connectivity index (χ4v) is 4.54. The first-order valence-corrected chi connectivity index (χ1v) is 11.6. The van der Waals surface area contributed by atoms with Gasteiger partial charge in [0.25, 0.3) is 5.56 Å². The molecule has 164 valence electrons. The molecule has 0 radical (unpaired) electrons. The Morgan fingerprint density at radius 1 is 1.03 bits per heavy atom. The minimum absolute atomic E-state index is 0.0689. The summed E-state index contributed by atoms with van der Waals surface area (Å²) in [4.78, 5) is 20.5. The van der Waals surface area contributed by atoms with E-state index in [-0.39, 0.29) is 11.3 Å². The van der Waals surface area contributed by atoms with Crippen LogP contribution in [0.3, 0.4) is 0 Å². The molecule has 0 saturated heterocycles. The van der Waals surface area contributed by atoms with Crippen LogP contribution >= 0.6 is 11.8 Å². The van der Waals surface area contributed by atoms with Gasteiger partial charge < -0.3 is 10.1 Å². The molecule has 2 aromatic heterocycles. The molecule has 0 saturated carbocycles. The molecule has 0 aliphatic carbocycles. The van der Waals surface area contributed by atoms with Crippen LogP contribution in [0.25, 0.3) is 11.3 Å². The standard InChI is InChI=1S/C25H26N4O2S/c1-4-20-23(13-21-15(2)6-5-7-16(21)3)26-25(27-24(20)31)32-14-18-12-22(29-28-18)17-8-10-19(30)11-9-17/h5-12,30H,4,13-14H2,1-3H3,(H,28,29)(H,26,27,31). The highest BCUT2D eigenvalue weighted by atomic mass is 32.2. The van der Waals surface area contributed by atoms with E-state index >= 15 is 0 Å². The molecule has 32 heavy (non-hydrogen) atoms. The summed E-state index contributed by atoms with van der Waals surface area (Å²) in [7, 11) is 0. The van der Waals surface area contributed by atoms with Crippen LogP contribution in [0, 0.1) is 13.8 Å². The van der Waals surface area contributed by atoms with E-state index in [1.165, 1.54) is 28.5 Å². The number of hydrogen-bond acceptors (Lipinski definition) is 5. The van der Waals surface area contributed by atoms with E-state index in [1.807, 2.05) is 25.1 Å². The maximum absolute atomic E-state index is 12.7. The maximum atomic E-state index is 12.7. The lowest BCUT2D eigenvalue weighted by Crippen LogP contribution is -2.19. The SMILES string of the molecule is CCc1c(Cc2c(C)cccc2C)nc(SCc2cc(-c3ccc(O)cc3)n[nH]2)[nH]c1=O. The number of rotatable bonds is 7. The van der Waals surface area contributed by atoms with Crippen LogP contribution in [-0.4, -0.2) is 25.3 Å². The number of aromatic hydroxyl groups is 1. The summed E-state index contributed by atoms with van der Waals surface area (Å²) in [5, 5.41) is 17.5. The van der Waals surface area contributed by atoms with E-state index in [2.05, 4.69) is 47.2 Å². The van der Waals surface area contributed by atoms with Crippen LogP contribution < -0.4 is 5.56 Å². The molecule has 0 unspecified atom stereocenters. The number of nitrogens with zero attached hydrogens (tertiary/aromatic N) is 2. The zero-order chi connectivity index (χ0) is 22.7. The zero-order valence-electron chi connectivity index (χ0n) is 18.4. The summed E-state index contributed by atoms with van der Waals surface area (Å²) < 4.78 is 0. The van der Waals surface area contributed by atoms with Gasteiger partial charge in [-0.25, -0.2) is 4.98 Å². The summed E-state index contributed by atoms with van der Waals surface area (Å²) >= 11 is 1.47. The summed E-state index contributed by atoms with van der Waals surface area (Å²) in [6, 6.07) is 15.1. The van der Waals surface area contributed by atoms with Crippen molar-refractivity contribution in [3.8, 4) is 17.0 Å². The second-order valence-electron chi connectivity index (χ2n) is 7.81. The largest absolute Gasteiger partial charge is 0.508 e. The van der Waals surface area contributed by atoms with Crippen LogP contribution in [0.1, 0.15) is 40.6 Å². The number of hydrogen-bond donors (Lipinski definition) is 3. The Morgan fingerprint density at radius 3 is 2.44 bits per heavy atom. The van der Waals surface area contributed by atoms with Crippen molar-refractivity contribution in [2.45, 2.75) is 44.5 Å². The first kappa shape index (κ1) is 21.9. The highest BCUT2D eigenvalue weighted by Gasteiger charge is 2.14. The molecule has 0 spiro atoms. The highest BCUT2D eigenvalue weighted by molar-refractivity contribution is 7.98. The molecule has 2 heterocycles. The Labute approximate surface area is 191 Å². The van der Waals surface area contributed by atoms with Gasteiger partial charge in [-0.1, -0.05) is 36.9 Å². The normalized spacial score (nSPS) is 11.1. The van der Waals surface area contributed by atoms with E-state index < -0.39 is 0 Å². The molecule has 4 rings (SSSR count). The number of benzene rings is 2. The second-order valence-corrected chi connectivity index (χ2v) is 8.78. The molecule has 2 aromatic carbocycles. The van der Waals surface area contributed by atoms with Crippen molar-refractivity contribution < 1.29 is 5.11 Å². The van der Waals surface area contributed by atoms with Crippen LogP contribution in [0.15, 0.2) is 58.5 Å². The minimum atomic E-state index is -0.0689. The first-order valence-electron chi connectivity index (χ1n) is 10.6. The van der Waals surface area contributed by atoms with Gasteiger partial charge in [-0.15, -0.1) is 0 Å². The van der Waals surface area contributed by atoms with Crippen LogP contribution in [0.4, 0.5) is 0 Å². The molecule has 4 aromatic rings. The fourth-order valence-electron chi connectivity index (χ4n) is 3.76. The van der Waals surface area contributed by atoms with E-state index in [9.17, 15) is 9.90 Å². The lowest BCUT2D eigenvalue weighted by molar-refractivity contribution is 0.475. The van der Waals surface area contributed by atoms with Gasteiger partial charge in [-0.2, -0.15) is 5.10 Å². The molecule has 0 amide bonds. The number of aryl methyl sites for hydroxylation is 2. The van der Waals surface area contributed by atoms with Gasteiger partial charge in [0, 0.05) is 29.0 Å². The Balaban J connectivity index is 1.55. The predicted octanol–water partition coefficient (Wildman–Crippen LogP) is 4.93. The van der Waals surface area contributed by atoms with Crippen molar-refractivity contribution in [2.24, 2.45) is 0 Å². The third kappa shape index (κ3) is 4.78. The molecule has 0 fully saturated rings. The van der Waals surface area contributed by atoms with E-state index in [0.29, 0.717) is 23.8 Å². The van der Waals surface area contributed by atoms with Crippen LogP contribution in [-0.2, 0) is 18.6 Å². The van der Waals surface area contributed by atoms with Crippen molar-refractivity contribution in [3.05, 3.63) is 92.5 Å². The smallest absolute Gasteiger partial charge is 0.254 e. The zero-order valence-corrected chi connectivity index (χ0v) is 19.2. The molecular weight excluding hydrogens is 420 g/mol. The second kappa shape index (κ2) is 9.44. The Kier molecular flexibility index (Phi) is 6.46. The quantitative estimate of drug-likeness (QED) is 0.276. The third-order valence-electron chi connectivity index (χ3n) is 5.58. The van der Waals surface area contributed by atoms with Crippen molar-refractivity contribution in [2.75, 3.05) is 0 Å². The van der Waals surface area contributed by atoms with Gasteiger partial charge in [0.15, 0.2) is 5.16 Å². The van der Waals surface area contributed by atoms with E-state index in [1.54, 1.807) is 12.1 Å². The summed E-state index contributed by atoms with van der Waals surface area (Å²) in [5.41, 5.74) is 7.81. The maximum Gasteiger partial charge on any atom is 0.254 e. The number of nitrogens with one attached hydrogen (secondary N) is 2. The number of thioether (sulfide) groups is 1. The monoisotopic (exact) mass is 446 g/mol. The lowest BCUT2D eigenvalue weighted by Gasteiger charge is -2.12. The van der Waals surface area contributed by atoms with Crippen molar-refractivity contribution in [1.29, 1.82) is 0 Å². The third-order valence-corrected chi connectivity index (χ3v) is 6.50. The Hall–Kier alpha value is -3.32. The first-order chi connectivity index (χ1) is 15.4. The summed E-state index contributed by atoms with van der Waals surface area (Å²) in [6.45, 7) is 6.18. The number of phenols is 1. The van der Waals surface area contributed by atoms with Crippen molar-refractivity contribution in [3.63, 3.8) is 0 Å². The predicted molar refractivity (Wildman–Crippen MR) is 128 cm³/mol. The molecule has 3 N–H and O–H groups in total. The number of aromatic nitrogens is 4. The van der Waals surface area contributed by atoms with Gasteiger partial charge >= 0.3 is 0 Å². The van der Waals surface area contributed by atoms with Gasteiger partial charge in [0.05, 0.1) is 11.4 Å². The highest BCUT2D eigenvalue weighted by Crippen LogP contribution is 2.25. The Bertz CT molecular complexity index is 1270.